The fourth-order valence-corrected chi connectivity index (χ4v) is 18.0. The maximum atomic E-state index is 2.86. The van der Waals surface area contributed by atoms with Crippen LogP contribution in [0, 0.1) is 22.7 Å². The highest BCUT2D eigenvalue weighted by atomic mass is 15.1. The van der Waals surface area contributed by atoms with Gasteiger partial charge in [-0.15, -0.1) is 0 Å². The van der Waals surface area contributed by atoms with Crippen molar-refractivity contribution in [2.45, 2.75) is 209 Å². The molecule has 2 saturated carbocycles. The number of nitrogens with zero attached hydrogens (tertiary/aromatic N) is 3. The molecular weight excluding hydrogens is 1000 g/mol. The van der Waals surface area contributed by atoms with Gasteiger partial charge in [-0.05, 0) is 228 Å². The zero-order valence-corrected chi connectivity index (χ0v) is 53.6. The first-order valence-electron chi connectivity index (χ1n) is 32.6. The predicted molar refractivity (Wildman–Crippen MR) is 362 cm³/mol. The average Bonchev–Trinajstić information content (AvgIpc) is 1.64. The lowest BCUT2D eigenvalue weighted by molar-refractivity contribution is 0.169. The fraction of sp³-hybridized carbons (Fsp3) is 0.462. The Hall–Kier alpha value is -5.93. The molecule has 0 radical (unpaired) electrons. The normalized spacial score (nSPS) is 20.5. The Morgan fingerprint density at radius 2 is 0.627 bits per heavy atom. The van der Waals surface area contributed by atoms with E-state index in [1.807, 2.05) is 0 Å². The summed E-state index contributed by atoms with van der Waals surface area (Å²) in [5, 5.41) is 8.53. The van der Waals surface area contributed by atoms with Gasteiger partial charge in [0.2, 0.25) is 0 Å². The van der Waals surface area contributed by atoms with E-state index in [1.165, 1.54) is 200 Å². The topological polar surface area (TPSA) is 14.8 Å². The van der Waals surface area contributed by atoms with Crippen LogP contribution in [0.5, 0.6) is 0 Å². The first kappa shape index (κ1) is 52.6. The van der Waals surface area contributed by atoms with E-state index in [1.54, 1.807) is 0 Å². The summed E-state index contributed by atoms with van der Waals surface area (Å²) in [6.07, 6.45) is 10.4. The molecule has 83 heavy (non-hydrogen) atoms. The van der Waals surface area contributed by atoms with Crippen LogP contribution in [-0.2, 0) is 21.7 Å². The van der Waals surface area contributed by atoms with Crippen LogP contribution in [0.4, 0.5) is 0 Å². The molecule has 5 heteroatoms. The molecule has 7 heterocycles. The molecule has 16 rings (SSSR count). The maximum Gasteiger partial charge on any atom is 0.252 e. The van der Waals surface area contributed by atoms with E-state index >= 15 is 0 Å². The average molecular weight is 1090 g/mol. The fourth-order valence-electron chi connectivity index (χ4n) is 18.0. The minimum Gasteiger partial charge on any atom is -0.311 e. The lowest BCUT2D eigenvalue weighted by atomic mass is 9.29. The summed E-state index contributed by atoms with van der Waals surface area (Å²) in [5.41, 5.74) is 30.7. The first-order valence-corrected chi connectivity index (χ1v) is 32.6. The van der Waals surface area contributed by atoms with Gasteiger partial charge in [-0.2, -0.15) is 0 Å². The van der Waals surface area contributed by atoms with Gasteiger partial charge in [-0.1, -0.05) is 161 Å². The number of aromatic nitrogens is 3. The number of hydrogen-bond donors (Lipinski definition) is 0. The monoisotopic (exact) mass is 1090 g/mol. The van der Waals surface area contributed by atoms with Gasteiger partial charge in [0.25, 0.3) is 13.4 Å². The molecule has 0 saturated heterocycles. The molecule has 0 atom stereocenters. The lowest BCUT2D eigenvalue weighted by Gasteiger charge is -2.42. The molecule has 2 fully saturated rings. The molecule has 10 aromatic rings. The van der Waals surface area contributed by atoms with Crippen LogP contribution < -0.4 is 32.8 Å². The van der Waals surface area contributed by atoms with Gasteiger partial charge >= 0.3 is 0 Å². The van der Waals surface area contributed by atoms with Gasteiger partial charge < -0.3 is 13.7 Å². The second-order valence-electron chi connectivity index (χ2n) is 34.2. The van der Waals surface area contributed by atoms with Gasteiger partial charge in [-0.25, -0.2) is 0 Å². The van der Waals surface area contributed by atoms with Crippen molar-refractivity contribution >= 4 is 112 Å². The van der Waals surface area contributed by atoms with Crippen molar-refractivity contribution in [1.82, 2.24) is 13.7 Å². The number of rotatable bonds is 2. The van der Waals surface area contributed by atoms with E-state index in [9.17, 15) is 0 Å². The Balaban J connectivity index is 1.06. The molecule has 3 aromatic heterocycles. The van der Waals surface area contributed by atoms with Gasteiger partial charge in [0.05, 0.1) is 11.0 Å². The van der Waals surface area contributed by atoms with Gasteiger partial charge in [0.15, 0.2) is 0 Å². The van der Waals surface area contributed by atoms with Crippen molar-refractivity contribution in [3.8, 4) is 17.1 Å². The maximum absolute atomic E-state index is 2.86. The number of hydrogen-bond acceptors (Lipinski definition) is 0. The standard InChI is InChI=1S/C78H89B2N3/c1-73(2,3)46-25-19-42(20-26-46)44-23-29-62-52(31-44)54-33-48(75(7,8)9)37-58-68(54)81(62)64-41-65-67-72-66(64)79(58)60-39-50(77(13,14)15)35-56-57-36-51(78(16,17)18)40-61(71(57)83(72)70(56)60)80(67)59-38-49(76(10,11)12)34-55-53-32-45(24-30-63(53)82(65)69(55)59)43-21-27-47(28-22-43)74(4,5)6/h23-24,29-43,46-47H,19-22,25-28H2,1-18H3. The van der Waals surface area contributed by atoms with Crippen molar-refractivity contribution in [3.05, 3.63) is 124 Å². The van der Waals surface area contributed by atoms with Crippen LogP contribution in [0.25, 0.3) is 82.5 Å². The summed E-state index contributed by atoms with van der Waals surface area (Å²) in [6, 6.07) is 39.6. The van der Waals surface area contributed by atoms with Crippen LogP contribution in [0.15, 0.2) is 91.0 Å². The third-order valence-electron chi connectivity index (χ3n) is 23.0. The van der Waals surface area contributed by atoms with E-state index < -0.39 is 0 Å². The molecule has 6 aliphatic rings. The Kier molecular flexibility index (Phi) is 10.5. The Labute approximate surface area is 496 Å². The Morgan fingerprint density at radius 1 is 0.325 bits per heavy atom. The van der Waals surface area contributed by atoms with Gasteiger partial charge in [-0.3, -0.25) is 0 Å². The molecule has 0 amide bonds. The van der Waals surface area contributed by atoms with Crippen LogP contribution in [0.2, 0.25) is 0 Å². The van der Waals surface area contributed by atoms with Crippen LogP contribution in [-0.4, -0.2) is 27.1 Å². The highest BCUT2D eigenvalue weighted by molar-refractivity contribution is 7.04. The van der Waals surface area contributed by atoms with Crippen LogP contribution in [0.3, 0.4) is 0 Å². The largest absolute Gasteiger partial charge is 0.311 e. The minimum absolute atomic E-state index is 0.0459. The number of fused-ring (bicyclic) bond motifs is 13. The van der Waals surface area contributed by atoms with E-state index in [0.717, 1.165) is 11.8 Å². The smallest absolute Gasteiger partial charge is 0.252 e. The summed E-state index contributed by atoms with van der Waals surface area (Å²) in [5.74, 6) is 2.75. The minimum atomic E-state index is -0.0583. The summed E-state index contributed by atoms with van der Waals surface area (Å²) in [4.78, 5) is 0. The summed E-state index contributed by atoms with van der Waals surface area (Å²) in [6.45, 7) is 44.1. The molecule has 0 N–H and O–H groups in total. The van der Waals surface area contributed by atoms with Crippen molar-refractivity contribution in [3.63, 3.8) is 0 Å². The molecule has 3 nitrogen and oxygen atoms in total. The quantitative estimate of drug-likeness (QED) is 0.153. The summed E-state index contributed by atoms with van der Waals surface area (Å²) in [7, 11) is 0. The van der Waals surface area contributed by atoms with Gasteiger partial charge in [0, 0.05) is 71.4 Å². The molecule has 0 bridgehead atoms. The highest BCUT2D eigenvalue weighted by Crippen LogP contribution is 2.50. The van der Waals surface area contributed by atoms with Crippen LogP contribution >= 0.6 is 0 Å². The number of benzene rings is 7. The predicted octanol–water partition coefficient (Wildman–Crippen LogP) is 17.1. The summed E-state index contributed by atoms with van der Waals surface area (Å²) < 4.78 is 8.46. The molecule has 7 aromatic carbocycles. The first-order chi connectivity index (χ1) is 38.9. The van der Waals surface area contributed by atoms with Crippen molar-refractivity contribution in [1.29, 1.82) is 0 Å². The third kappa shape index (κ3) is 7.24. The third-order valence-corrected chi connectivity index (χ3v) is 23.0. The van der Waals surface area contributed by atoms with Crippen molar-refractivity contribution < 1.29 is 0 Å². The highest BCUT2D eigenvalue weighted by Gasteiger charge is 2.50. The molecular formula is C78H89B2N3. The molecule has 4 aliphatic heterocycles. The van der Waals surface area contributed by atoms with E-state index in [-0.39, 0.29) is 35.1 Å². The molecule has 422 valence electrons. The summed E-state index contributed by atoms with van der Waals surface area (Å²) >= 11 is 0. The Morgan fingerprint density at radius 3 is 0.928 bits per heavy atom. The molecule has 0 unspecified atom stereocenters. The van der Waals surface area contributed by atoms with E-state index in [0.29, 0.717) is 22.7 Å². The SMILES string of the molecule is CC(C)(C)c1cc2c3c(c1)c1cc(C4CCC(C(C)(C)C)CC4)ccc1n3-c1cc3c4c5c1B2c1cc(C(C)(C)C)cc2c6cc(C(C)(C)C)cc(c6n-5c12)B4c1cc(C(C)(C)C)cc2c4cc(C5CCC(C(C)(C)C)CC5)ccc4n-3c12. The second-order valence-corrected chi connectivity index (χ2v) is 34.2. The zero-order valence-electron chi connectivity index (χ0n) is 53.6. The second kappa shape index (κ2) is 16.5. The molecule has 0 spiro atoms. The zero-order chi connectivity index (χ0) is 58.0. The van der Waals surface area contributed by atoms with E-state index in [4.69, 9.17) is 0 Å². The molecule has 2 aliphatic carbocycles. The van der Waals surface area contributed by atoms with E-state index in [2.05, 4.69) is 229 Å². The van der Waals surface area contributed by atoms with Crippen molar-refractivity contribution in [2.24, 2.45) is 22.7 Å². The Bertz CT molecular complexity index is 4240. The van der Waals surface area contributed by atoms with Crippen LogP contribution in [0.1, 0.15) is 221 Å². The lowest BCUT2D eigenvalue weighted by Crippen LogP contribution is -2.66. The van der Waals surface area contributed by atoms with Crippen molar-refractivity contribution in [2.75, 3.05) is 0 Å². The van der Waals surface area contributed by atoms with Gasteiger partial charge in [0.1, 0.15) is 0 Å².